The molecule has 3 aromatic carbocycles. The number of nitrogens with one attached hydrogen (secondary N) is 1. The van der Waals surface area contributed by atoms with Gasteiger partial charge in [0.05, 0.1) is 28.8 Å². The maximum Gasteiger partial charge on any atom is 0.276 e. The molecular formula is C24H18Cl2N4O6. The van der Waals surface area contributed by atoms with Gasteiger partial charge in [0.2, 0.25) is 0 Å². The zero-order valence-corrected chi connectivity index (χ0v) is 20.2. The van der Waals surface area contributed by atoms with Crippen molar-refractivity contribution in [2.75, 3.05) is 12.4 Å². The highest BCUT2D eigenvalue weighted by atomic mass is 35.5. The Hall–Kier alpha value is -4.28. The zero-order valence-electron chi connectivity index (χ0n) is 18.7. The van der Waals surface area contributed by atoms with Crippen LogP contribution in [0.1, 0.15) is 10.5 Å². The van der Waals surface area contributed by atoms with Gasteiger partial charge in [0.15, 0.2) is 12.4 Å². The summed E-state index contributed by atoms with van der Waals surface area (Å²) in [5, 5.41) is 18.8. The van der Waals surface area contributed by atoms with Gasteiger partial charge < -0.3 is 19.5 Å². The second kappa shape index (κ2) is 11.0. The average Bonchev–Trinajstić information content (AvgIpc) is 3.34. The number of aromatic nitrogens is 2. The van der Waals surface area contributed by atoms with Crippen LogP contribution in [-0.4, -0.2) is 27.7 Å². The molecule has 1 heterocycles. The van der Waals surface area contributed by atoms with Gasteiger partial charge >= 0.3 is 0 Å². The Balaban J connectivity index is 1.45. The Morgan fingerprint density at radius 1 is 1.03 bits per heavy atom. The van der Waals surface area contributed by atoms with Crippen LogP contribution in [0.15, 0.2) is 72.9 Å². The Bertz CT molecular complexity index is 1410. The number of anilines is 1. The molecule has 0 aliphatic carbocycles. The number of nitrogens with zero attached hydrogens (tertiary/aromatic N) is 3. The van der Waals surface area contributed by atoms with Crippen molar-refractivity contribution in [3.8, 4) is 23.0 Å². The number of ether oxygens (including phenoxy) is 3. The van der Waals surface area contributed by atoms with E-state index < -0.39 is 10.8 Å². The molecule has 0 atom stereocenters. The fourth-order valence-corrected chi connectivity index (χ4v) is 3.51. The van der Waals surface area contributed by atoms with Crippen molar-refractivity contribution >= 4 is 40.5 Å². The molecule has 1 N–H and O–H groups in total. The first kappa shape index (κ1) is 24.8. The number of benzene rings is 3. The minimum absolute atomic E-state index is 0.0657. The van der Waals surface area contributed by atoms with E-state index in [4.69, 9.17) is 37.4 Å². The third-order valence-electron chi connectivity index (χ3n) is 4.78. The normalized spacial score (nSPS) is 10.5. The number of rotatable bonds is 9. The third-order valence-corrected chi connectivity index (χ3v) is 5.31. The maximum atomic E-state index is 12.7. The Labute approximate surface area is 215 Å². The highest BCUT2D eigenvalue weighted by Crippen LogP contribution is 2.34. The molecule has 0 saturated carbocycles. The van der Waals surface area contributed by atoms with Crippen molar-refractivity contribution in [3.05, 3.63) is 98.8 Å². The second-order valence-corrected chi connectivity index (χ2v) is 8.14. The molecule has 0 radical (unpaired) electrons. The molecular weight excluding hydrogens is 511 g/mol. The Morgan fingerprint density at radius 2 is 1.78 bits per heavy atom. The molecule has 0 bridgehead atoms. The lowest BCUT2D eigenvalue weighted by Gasteiger charge is -2.10. The van der Waals surface area contributed by atoms with E-state index in [0.717, 1.165) is 0 Å². The largest absolute Gasteiger partial charge is 0.497 e. The Kier molecular flexibility index (Phi) is 7.57. The molecule has 10 nitrogen and oxygen atoms in total. The lowest BCUT2D eigenvalue weighted by atomic mass is 10.2. The SMILES string of the molecule is COc1ccc(OCn2ccc(C(=O)Nc3cc(Oc4ccc(Cl)cc4Cl)cc([N+](=O)[O-])c3)n2)cc1. The standard InChI is InChI=1S/C24H18Cl2N4O6/c1-34-18-3-5-19(6-4-18)35-14-29-9-8-22(28-29)24(31)27-16-11-17(30(32)33)13-20(12-16)36-23-7-2-15(25)10-21(23)26/h2-13H,14H2,1H3,(H,27,31). The first-order valence-electron chi connectivity index (χ1n) is 10.3. The molecule has 0 spiro atoms. The zero-order chi connectivity index (χ0) is 25.7. The quantitative estimate of drug-likeness (QED) is 0.203. The van der Waals surface area contributed by atoms with Gasteiger partial charge in [-0.1, -0.05) is 23.2 Å². The van der Waals surface area contributed by atoms with E-state index in [-0.39, 0.29) is 40.3 Å². The second-order valence-electron chi connectivity index (χ2n) is 7.29. The van der Waals surface area contributed by atoms with Crippen molar-refractivity contribution in [1.82, 2.24) is 9.78 Å². The molecule has 4 aromatic rings. The van der Waals surface area contributed by atoms with E-state index in [1.807, 2.05) is 0 Å². The summed E-state index contributed by atoms with van der Waals surface area (Å²) in [6, 6.07) is 16.9. The molecule has 36 heavy (non-hydrogen) atoms. The lowest BCUT2D eigenvalue weighted by molar-refractivity contribution is -0.384. The number of halogens is 2. The van der Waals surface area contributed by atoms with Crippen molar-refractivity contribution in [2.45, 2.75) is 6.73 Å². The minimum atomic E-state index is -0.600. The first-order chi connectivity index (χ1) is 17.3. The van der Waals surface area contributed by atoms with Gasteiger partial charge in [0.25, 0.3) is 11.6 Å². The molecule has 0 aliphatic heterocycles. The van der Waals surface area contributed by atoms with Crippen LogP contribution in [0, 0.1) is 10.1 Å². The van der Waals surface area contributed by atoms with Crippen molar-refractivity contribution < 1.29 is 23.9 Å². The Morgan fingerprint density at radius 3 is 2.47 bits per heavy atom. The van der Waals surface area contributed by atoms with Crippen molar-refractivity contribution in [3.63, 3.8) is 0 Å². The summed E-state index contributed by atoms with van der Waals surface area (Å²) in [4.78, 5) is 23.5. The molecule has 0 aliphatic rings. The molecule has 0 saturated heterocycles. The van der Waals surface area contributed by atoms with Crippen LogP contribution in [0.3, 0.4) is 0 Å². The van der Waals surface area contributed by atoms with Crippen LogP contribution in [0.5, 0.6) is 23.0 Å². The van der Waals surface area contributed by atoms with Crippen LogP contribution < -0.4 is 19.5 Å². The van der Waals surface area contributed by atoms with E-state index in [1.54, 1.807) is 43.6 Å². The summed E-state index contributed by atoms with van der Waals surface area (Å²) >= 11 is 12.0. The average molecular weight is 529 g/mol. The number of carbonyl (C=O) groups excluding carboxylic acids is 1. The van der Waals surface area contributed by atoms with E-state index in [0.29, 0.717) is 16.5 Å². The maximum absolute atomic E-state index is 12.7. The lowest BCUT2D eigenvalue weighted by Crippen LogP contribution is -2.14. The fraction of sp³-hybridized carbons (Fsp3) is 0.0833. The number of non-ortho nitro benzene ring substituents is 1. The molecule has 12 heteroatoms. The van der Waals surface area contributed by atoms with Gasteiger partial charge in [-0.15, -0.1) is 0 Å². The minimum Gasteiger partial charge on any atom is -0.497 e. The predicted octanol–water partition coefficient (Wildman–Crippen LogP) is 6.19. The van der Waals surface area contributed by atoms with Gasteiger partial charge in [-0.05, 0) is 48.5 Å². The van der Waals surface area contributed by atoms with Gasteiger partial charge in [0.1, 0.15) is 23.0 Å². The van der Waals surface area contributed by atoms with Crippen LogP contribution in [0.2, 0.25) is 10.0 Å². The van der Waals surface area contributed by atoms with Crippen molar-refractivity contribution in [2.24, 2.45) is 0 Å². The van der Waals surface area contributed by atoms with Gasteiger partial charge in [-0.3, -0.25) is 14.9 Å². The van der Waals surface area contributed by atoms with E-state index in [2.05, 4.69) is 10.4 Å². The number of nitro benzene ring substituents is 1. The molecule has 0 unspecified atom stereocenters. The molecule has 1 aromatic heterocycles. The molecule has 184 valence electrons. The van der Waals surface area contributed by atoms with Crippen LogP contribution in [0.4, 0.5) is 11.4 Å². The third kappa shape index (κ3) is 6.23. The van der Waals surface area contributed by atoms with Crippen molar-refractivity contribution in [1.29, 1.82) is 0 Å². The van der Waals surface area contributed by atoms with Crippen LogP contribution in [-0.2, 0) is 6.73 Å². The smallest absolute Gasteiger partial charge is 0.276 e. The highest BCUT2D eigenvalue weighted by molar-refractivity contribution is 6.35. The van der Waals surface area contributed by atoms with Gasteiger partial charge in [0, 0.05) is 23.4 Å². The number of hydrogen-bond acceptors (Lipinski definition) is 7. The number of methoxy groups -OCH3 is 1. The summed E-state index contributed by atoms with van der Waals surface area (Å²) in [7, 11) is 1.57. The summed E-state index contributed by atoms with van der Waals surface area (Å²) in [6.07, 6.45) is 1.57. The van der Waals surface area contributed by atoms with E-state index in [9.17, 15) is 14.9 Å². The molecule has 4 rings (SSSR count). The van der Waals surface area contributed by atoms with Gasteiger partial charge in [-0.2, -0.15) is 5.10 Å². The highest BCUT2D eigenvalue weighted by Gasteiger charge is 2.16. The van der Waals surface area contributed by atoms with E-state index in [1.165, 1.54) is 41.1 Å². The predicted molar refractivity (Wildman–Crippen MR) is 133 cm³/mol. The summed E-state index contributed by atoms with van der Waals surface area (Å²) in [5.74, 6) is 1.07. The van der Waals surface area contributed by atoms with E-state index >= 15 is 0 Å². The first-order valence-corrected chi connectivity index (χ1v) is 11.1. The summed E-state index contributed by atoms with van der Waals surface area (Å²) in [5.41, 5.74) is -0.0623. The number of carbonyl (C=O) groups is 1. The van der Waals surface area contributed by atoms with Gasteiger partial charge in [-0.25, -0.2) is 4.68 Å². The number of amides is 1. The van der Waals surface area contributed by atoms with Crippen LogP contribution in [0.25, 0.3) is 0 Å². The monoisotopic (exact) mass is 528 g/mol. The number of hydrogen-bond donors (Lipinski definition) is 1. The fourth-order valence-electron chi connectivity index (χ4n) is 3.07. The summed E-state index contributed by atoms with van der Waals surface area (Å²) < 4.78 is 17.9. The topological polar surface area (TPSA) is 118 Å². The molecule has 0 fully saturated rings. The van der Waals surface area contributed by atoms with Crippen LogP contribution >= 0.6 is 23.2 Å². The molecule has 1 amide bonds. The summed E-state index contributed by atoms with van der Waals surface area (Å²) in [6.45, 7) is 0.0657. The number of nitro groups is 1.